The molecule has 1 aromatic carbocycles. The van der Waals surface area contributed by atoms with Crippen LogP contribution in [-0.4, -0.2) is 43.2 Å². The van der Waals surface area contributed by atoms with E-state index in [4.69, 9.17) is 4.42 Å². The minimum atomic E-state index is -1.12. The van der Waals surface area contributed by atoms with E-state index in [-0.39, 0.29) is 0 Å². The van der Waals surface area contributed by atoms with Crippen LogP contribution in [0.1, 0.15) is 36.5 Å². The number of guanidine groups is 1. The summed E-state index contributed by atoms with van der Waals surface area (Å²) in [4.78, 5) is 6.84. The molecule has 0 spiro atoms. The first-order chi connectivity index (χ1) is 12.8. The molecule has 6 nitrogen and oxygen atoms in total. The highest BCUT2D eigenvalue weighted by atomic mass is 16.4. The molecule has 0 saturated carbocycles. The summed E-state index contributed by atoms with van der Waals surface area (Å²) >= 11 is 0. The van der Waals surface area contributed by atoms with E-state index in [2.05, 4.69) is 52.8 Å². The molecule has 0 aliphatic rings. The molecule has 2 rings (SSSR count). The Morgan fingerprint density at radius 2 is 1.85 bits per heavy atom. The third kappa shape index (κ3) is 6.41. The molecule has 0 aliphatic carbocycles. The van der Waals surface area contributed by atoms with Crippen molar-refractivity contribution in [1.82, 2.24) is 15.5 Å². The van der Waals surface area contributed by atoms with E-state index < -0.39 is 5.60 Å². The Bertz CT molecular complexity index is 750. The summed E-state index contributed by atoms with van der Waals surface area (Å²) in [6.45, 7) is 8.10. The van der Waals surface area contributed by atoms with Gasteiger partial charge in [-0.05, 0) is 58.1 Å². The molecule has 2 aromatic rings. The Balaban J connectivity index is 2.06. The minimum absolute atomic E-state index is 0.297. The van der Waals surface area contributed by atoms with E-state index in [0.717, 1.165) is 18.8 Å². The van der Waals surface area contributed by atoms with Crippen LogP contribution >= 0.6 is 0 Å². The van der Waals surface area contributed by atoms with Gasteiger partial charge in [0.25, 0.3) is 0 Å². The van der Waals surface area contributed by atoms with Gasteiger partial charge in [0.15, 0.2) is 5.96 Å². The van der Waals surface area contributed by atoms with Crippen molar-refractivity contribution >= 4 is 5.96 Å². The van der Waals surface area contributed by atoms with Crippen molar-refractivity contribution in [3.63, 3.8) is 0 Å². The van der Waals surface area contributed by atoms with Gasteiger partial charge in [-0.3, -0.25) is 0 Å². The van der Waals surface area contributed by atoms with Crippen molar-refractivity contribution in [2.45, 2.75) is 39.5 Å². The topological polar surface area (TPSA) is 73.0 Å². The summed E-state index contributed by atoms with van der Waals surface area (Å²) in [6.07, 6.45) is 0. The zero-order chi connectivity index (χ0) is 19.9. The van der Waals surface area contributed by atoms with Gasteiger partial charge < -0.3 is 25.1 Å². The predicted octanol–water partition coefficient (Wildman–Crippen LogP) is 2.61. The Labute approximate surface area is 162 Å². The number of furan rings is 1. The monoisotopic (exact) mass is 372 g/mol. The van der Waals surface area contributed by atoms with Gasteiger partial charge in [0.05, 0.1) is 13.1 Å². The van der Waals surface area contributed by atoms with E-state index >= 15 is 0 Å². The third-order valence-corrected chi connectivity index (χ3v) is 4.23. The highest BCUT2D eigenvalue weighted by Gasteiger charge is 2.27. The highest BCUT2D eigenvalue weighted by Crippen LogP contribution is 2.21. The summed E-state index contributed by atoms with van der Waals surface area (Å²) in [7, 11) is 4.12. The van der Waals surface area contributed by atoms with E-state index in [9.17, 15) is 5.11 Å². The number of hydrogen-bond acceptors (Lipinski definition) is 4. The molecule has 1 unspecified atom stereocenters. The molecule has 1 heterocycles. The molecule has 0 saturated heterocycles. The lowest BCUT2D eigenvalue weighted by molar-refractivity contribution is 0.0378. The summed E-state index contributed by atoms with van der Waals surface area (Å²) < 4.78 is 5.57. The van der Waals surface area contributed by atoms with E-state index in [1.807, 2.05) is 26.0 Å². The number of nitrogens with one attached hydrogen (secondary N) is 2. The number of hydrogen-bond donors (Lipinski definition) is 3. The molecule has 0 bridgehead atoms. The summed E-state index contributed by atoms with van der Waals surface area (Å²) in [6, 6.07) is 12.0. The second kappa shape index (κ2) is 9.58. The van der Waals surface area contributed by atoms with E-state index in [0.29, 0.717) is 24.8 Å². The minimum Gasteiger partial charge on any atom is -0.463 e. The number of aliphatic imine (C=N–C) groups is 1. The maximum atomic E-state index is 10.7. The summed E-state index contributed by atoms with van der Waals surface area (Å²) in [5.41, 5.74) is 1.34. The van der Waals surface area contributed by atoms with Gasteiger partial charge in [-0.25, -0.2) is 4.99 Å². The summed E-state index contributed by atoms with van der Waals surface area (Å²) in [5.74, 6) is 1.99. The molecule has 0 fully saturated rings. The van der Waals surface area contributed by atoms with Crippen molar-refractivity contribution in [3.05, 3.63) is 59.0 Å². The van der Waals surface area contributed by atoms with Crippen LogP contribution in [0.25, 0.3) is 0 Å². The van der Waals surface area contributed by atoms with Gasteiger partial charge in [-0.2, -0.15) is 0 Å². The lowest BCUT2D eigenvalue weighted by Gasteiger charge is -2.23. The molecule has 148 valence electrons. The van der Waals surface area contributed by atoms with Crippen LogP contribution in [0.2, 0.25) is 0 Å². The molecule has 6 heteroatoms. The second-order valence-electron chi connectivity index (χ2n) is 7.24. The van der Waals surface area contributed by atoms with Crippen molar-refractivity contribution in [1.29, 1.82) is 0 Å². The molecule has 3 N–H and O–H groups in total. The Hall–Kier alpha value is -2.31. The first-order valence-corrected chi connectivity index (χ1v) is 9.35. The maximum absolute atomic E-state index is 10.7. The normalized spacial score (nSPS) is 14.3. The van der Waals surface area contributed by atoms with Gasteiger partial charge in [-0.15, -0.1) is 0 Å². The van der Waals surface area contributed by atoms with Crippen molar-refractivity contribution in [3.8, 4) is 0 Å². The van der Waals surface area contributed by atoms with Gasteiger partial charge >= 0.3 is 0 Å². The van der Waals surface area contributed by atoms with Crippen LogP contribution in [0.3, 0.4) is 0 Å². The smallest absolute Gasteiger partial charge is 0.191 e. The quantitative estimate of drug-likeness (QED) is 0.491. The molecule has 27 heavy (non-hydrogen) atoms. The second-order valence-corrected chi connectivity index (χ2v) is 7.24. The first kappa shape index (κ1) is 21.0. The van der Waals surface area contributed by atoms with Gasteiger partial charge in [0.2, 0.25) is 0 Å². The molecule has 0 radical (unpaired) electrons. The molecule has 1 atom stereocenters. The largest absolute Gasteiger partial charge is 0.463 e. The molecule has 0 amide bonds. The first-order valence-electron chi connectivity index (χ1n) is 9.35. The maximum Gasteiger partial charge on any atom is 0.191 e. The Kier molecular flexibility index (Phi) is 7.45. The SMILES string of the molecule is CCNC(=NCc1ccccc1CN(C)C)NCC(C)(O)c1ccc(C)o1. The standard InChI is InChI=1S/C21H32N4O2/c1-6-22-20(24-15-21(3,26)19-12-11-16(2)27-19)23-13-17-9-7-8-10-18(17)14-25(4)5/h7-12,26H,6,13-15H2,1-5H3,(H2,22,23,24). The zero-order valence-corrected chi connectivity index (χ0v) is 17.0. The van der Waals surface area contributed by atoms with Crippen LogP contribution in [0.4, 0.5) is 0 Å². The summed E-state index contributed by atoms with van der Waals surface area (Å²) in [5, 5.41) is 17.1. The lowest BCUT2D eigenvalue weighted by Crippen LogP contribution is -2.44. The number of aryl methyl sites for hydroxylation is 1. The number of nitrogens with zero attached hydrogens (tertiary/aromatic N) is 2. The Morgan fingerprint density at radius 3 is 2.44 bits per heavy atom. The highest BCUT2D eigenvalue weighted by molar-refractivity contribution is 5.79. The fourth-order valence-corrected chi connectivity index (χ4v) is 2.78. The van der Waals surface area contributed by atoms with Crippen LogP contribution in [0.5, 0.6) is 0 Å². The fraction of sp³-hybridized carbons (Fsp3) is 0.476. The van der Waals surface area contributed by atoms with Crippen LogP contribution < -0.4 is 10.6 Å². The van der Waals surface area contributed by atoms with Crippen molar-refractivity contribution < 1.29 is 9.52 Å². The number of benzene rings is 1. The van der Waals surface area contributed by atoms with Crippen LogP contribution in [0.15, 0.2) is 45.8 Å². The van der Waals surface area contributed by atoms with Gasteiger partial charge in [0.1, 0.15) is 17.1 Å². The average molecular weight is 373 g/mol. The van der Waals surface area contributed by atoms with Gasteiger partial charge in [0, 0.05) is 13.1 Å². The Morgan fingerprint density at radius 1 is 1.15 bits per heavy atom. The van der Waals surface area contributed by atoms with E-state index in [1.165, 1.54) is 11.1 Å². The predicted molar refractivity (Wildman–Crippen MR) is 110 cm³/mol. The van der Waals surface area contributed by atoms with Gasteiger partial charge in [-0.1, -0.05) is 24.3 Å². The third-order valence-electron chi connectivity index (χ3n) is 4.23. The fourth-order valence-electron chi connectivity index (χ4n) is 2.78. The number of rotatable bonds is 8. The van der Waals surface area contributed by atoms with Crippen molar-refractivity contribution in [2.75, 3.05) is 27.2 Å². The molecule has 0 aliphatic heterocycles. The zero-order valence-electron chi connectivity index (χ0n) is 17.0. The van der Waals surface area contributed by atoms with Crippen molar-refractivity contribution in [2.24, 2.45) is 4.99 Å². The molecular formula is C21H32N4O2. The van der Waals surface area contributed by atoms with Crippen LogP contribution in [0, 0.1) is 6.92 Å². The average Bonchev–Trinajstić information content (AvgIpc) is 3.05. The van der Waals surface area contributed by atoms with E-state index in [1.54, 1.807) is 13.0 Å². The number of aliphatic hydroxyl groups is 1. The van der Waals surface area contributed by atoms with Crippen LogP contribution in [-0.2, 0) is 18.7 Å². The molecule has 1 aromatic heterocycles. The lowest BCUT2D eigenvalue weighted by atomic mass is 10.0. The molecular weight excluding hydrogens is 340 g/mol.